The van der Waals surface area contributed by atoms with E-state index < -0.39 is 0 Å². The minimum atomic E-state index is 0.388. The summed E-state index contributed by atoms with van der Waals surface area (Å²) in [7, 11) is 0. The molecular formula is C20H27N. The van der Waals surface area contributed by atoms with Crippen molar-refractivity contribution in [3.63, 3.8) is 0 Å². The van der Waals surface area contributed by atoms with E-state index in [9.17, 15) is 0 Å². The maximum Gasteiger partial charge on any atom is 0.0360 e. The Bertz CT molecular complexity index is 537. The van der Waals surface area contributed by atoms with E-state index in [2.05, 4.69) is 81.5 Å². The van der Waals surface area contributed by atoms with E-state index in [4.69, 9.17) is 0 Å². The molecule has 0 bridgehead atoms. The maximum absolute atomic E-state index is 3.61. The van der Waals surface area contributed by atoms with Crippen LogP contribution in [0.3, 0.4) is 0 Å². The zero-order valence-electron chi connectivity index (χ0n) is 13.7. The average molecular weight is 281 g/mol. The number of benzene rings is 2. The summed E-state index contributed by atoms with van der Waals surface area (Å²) in [6, 6.07) is 18.3. The van der Waals surface area contributed by atoms with Gasteiger partial charge in [0.15, 0.2) is 0 Å². The van der Waals surface area contributed by atoms with Gasteiger partial charge in [-0.05, 0) is 42.5 Å². The van der Waals surface area contributed by atoms with Crippen LogP contribution in [0, 0.1) is 6.92 Å². The summed E-state index contributed by atoms with van der Waals surface area (Å²) in [6.45, 7) is 9.77. The molecular weight excluding hydrogens is 254 g/mol. The minimum Gasteiger partial charge on any atom is -0.310 e. The summed E-state index contributed by atoms with van der Waals surface area (Å²) in [4.78, 5) is 0. The predicted octanol–water partition coefficient (Wildman–Crippen LogP) is 5.01. The predicted molar refractivity (Wildman–Crippen MR) is 91.8 cm³/mol. The molecule has 0 amide bonds. The molecule has 112 valence electrons. The first-order valence-electron chi connectivity index (χ1n) is 7.99. The summed E-state index contributed by atoms with van der Waals surface area (Å²) < 4.78 is 0. The van der Waals surface area contributed by atoms with Crippen LogP contribution in [0.25, 0.3) is 0 Å². The summed E-state index contributed by atoms with van der Waals surface area (Å²) in [5.74, 6) is 0.591. The lowest BCUT2D eigenvalue weighted by atomic mass is 9.95. The van der Waals surface area contributed by atoms with Gasteiger partial charge < -0.3 is 5.32 Å². The van der Waals surface area contributed by atoms with Crippen molar-refractivity contribution >= 4 is 0 Å². The van der Waals surface area contributed by atoms with Gasteiger partial charge in [0.25, 0.3) is 0 Å². The van der Waals surface area contributed by atoms with Gasteiger partial charge in [-0.15, -0.1) is 0 Å². The van der Waals surface area contributed by atoms with Crippen LogP contribution < -0.4 is 5.32 Å². The maximum atomic E-state index is 3.61. The van der Waals surface area contributed by atoms with E-state index in [1.807, 2.05) is 0 Å². The van der Waals surface area contributed by atoms with Crippen molar-refractivity contribution in [1.29, 1.82) is 0 Å². The number of aryl methyl sites for hydroxylation is 1. The number of nitrogens with one attached hydrogen (secondary N) is 1. The van der Waals surface area contributed by atoms with Crippen molar-refractivity contribution in [1.82, 2.24) is 5.32 Å². The molecule has 1 atom stereocenters. The monoisotopic (exact) mass is 281 g/mol. The fourth-order valence-electron chi connectivity index (χ4n) is 2.63. The Kier molecular flexibility index (Phi) is 5.58. The molecule has 2 aromatic rings. The Morgan fingerprint density at radius 3 is 1.95 bits per heavy atom. The summed E-state index contributed by atoms with van der Waals surface area (Å²) in [6.07, 6.45) is 1.04. The van der Waals surface area contributed by atoms with Gasteiger partial charge in [0.05, 0.1) is 0 Å². The van der Waals surface area contributed by atoms with Crippen LogP contribution in [-0.2, 0) is 6.42 Å². The molecule has 21 heavy (non-hydrogen) atoms. The van der Waals surface area contributed by atoms with Gasteiger partial charge in [0.2, 0.25) is 0 Å². The van der Waals surface area contributed by atoms with E-state index >= 15 is 0 Å². The summed E-state index contributed by atoms with van der Waals surface area (Å²) >= 11 is 0. The highest BCUT2D eigenvalue weighted by molar-refractivity contribution is 5.29. The molecule has 0 aliphatic rings. The van der Waals surface area contributed by atoms with Gasteiger partial charge in [-0.2, -0.15) is 0 Å². The Labute approximate surface area is 129 Å². The number of rotatable bonds is 6. The van der Waals surface area contributed by atoms with Crippen LogP contribution in [0.4, 0.5) is 0 Å². The Morgan fingerprint density at radius 2 is 1.43 bits per heavy atom. The van der Waals surface area contributed by atoms with Crippen LogP contribution in [-0.4, -0.2) is 6.54 Å². The first-order chi connectivity index (χ1) is 10.1. The smallest absolute Gasteiger partial charge is 0.0360 e. The third kappa shape index (κ3) is 4.44. The molecule has 0 fully saturated rings. The highest BCUT2D eigenvalue weighted by Gasteiger charge is 2.11. The van der Waals surface area contributed by atoms with Crippen LogP contribution in [0.1, 0.15) is 55.0 Å². The molecule has 1 N–H and O–H groups in total. The van der Waals surface area contributed by atoms with Crippen molar-refractivity contribution in [3.05, 3.63) is 70.8 Å². The van der Waals surface area contributed by atoms with Crippen LogP contribution in [0.2, 0.25) is 0 Å². The van der Waals surface area contributed by atoms with E-state index in [0.29, 0.717) is 12.0 Å². The van der Waals surface area contributed by atoms with E-state index in [0.717, 1.165) is 13.0 Å². The van der Waals surface area contributed by atoms with Crippen molar-refractivity contribution in [2.45, 2.75) is 46.1 Å². The van der Waals surface area contributed by atoms with Gasteiger partial charge in [-0.25, -0.2) is 0 Å². The van der Waals surface area contributed by atoms with Gasteiger partial charge in [0, 0.05) is 6.04 Å². The summed E-state index contributed by atoms with van der Waals surface area (Å²) in [5.41, 5.74) is 5.49. The molecule has 1 nitrogen and oxygen atoms in total. The highest BCUT2D eigenvalue weighted by atomic mass is 14.9. The lowest BCUT2D eigenvalue weighted by Crippen LogP contribution is -2.23. The average Bonchev–Trinajstić information content (AvgIpc) is 2.49. The van der Waals surface area contributed by atoms with Crippen molar-refractivity contribution in [2.75, 3.05) is 6.54 Å². The van der Waals surface area contributed by atoms with Crippen molar-refractivity contribution in [3.8, 4) is 0 Å². The summed E-state index contributed by atoms with van der Waals surface area (Å²) in [5, 5.41) is 3.61. The van der Waals surface area contributed by atoms with Crippen molar-refractivity contribution in [2.24, 2.45) is 0 Å². The lowest BCUT2D eigenvalue weighted by molar-refractivity contribution is 0.549. The SMILES string of the molecule is CCNC(Cc1ccc(C)cc1)c1ccc(C(C)C)cc1. The Hall–Kier alpha value is -1.60. The topological polar surface area (TPSA) is 12.0 Å². The largest absolute Gasteiger partial charge is 0.310 e. The lowest BCUT2D eigenvalue weighted by Gasteiger charge is -2.19. The standard InChI is InChI=1S/C20H27N/c1-5-21-20(14-17-8-6-16(4)7-9-17)19-12-10-18(11-13-19)15(2)3/h6-13,15,20-21H,5,14H2,1-4H3. The van der Waals surface area contributed by atoms with Gasteiger partial charge >= 0.3 is 0 Å². The number of hydrogen-bond acceptors (Lipinski definition) is 1. The molecule has 1 heteroatoms. The fraction of sp³-hybridized carbons (Fsp3) is 0.400. The van der Waals surface area contributed by atoms with E-state index in [1.54, 1.807) is 0 Å². The molecule has 1 unspecified atom stereocenters. The van der Waals surface area contributed by atoms with E-state index in [1.165, 1.54) is 22.3 Å². The molecule has 2 aromatic carbocycles. The first-order valence-corrected chi connectivity index (χ1v) is 7.99. The van der Waals surface area contributed by atoms with Gasteiger partial charge in [-0.3, -0.25) is 0 Å². The zero-order chi connectivity index (χ0) is 15.2. The van der Waals surface area contributed by atoms with Gasteiger partial charge in [0.1, 0.15) is 0 Å². The molecule has 0 aliphatic carbocycles. The second-order valence-electron chi connectivity index (χ2n) is 6.12. The third-order valence-electron chi connectivity index (χ3n) is 4.02. The van der Waals surface area contributed by atoms with Crippen LogP contribution >= 0.6 is 0 Å². The first kappa shape index (κ1) is 15.8. The zero-order valence-corrected chi connectivity index (χ0v) is 13.7. The Morgan fingerprint density at radius 1 is 0.857 bits per heavy atom. The molecule has 0 heterocycles. The Balaban J connectivity index is 2.15. The second kappa shape index (κ2) is 7.42. The second-order valence-corrected chi connectivity index (χ2v) is 6.12. The minimum absolute atomic E-state index is 0.388. The molecule has 0 saturated heterocycles. The normalized spacial score (nSPS) is 12.6. The van der Waals surface area contributed by atoms with E-state index in [-0.39, 0.29) is 0 Å². The quantitative estimate of drug-likeness (QED) is 0.784. The molecule has 0 aliphatic heterocycles. The van der Waals surface area contributed by atoms with Crippen molar-refractivity contribution < 1.29 is 0 Å². The fourth-order valence-corrected chi connectivity index (χ4v) is 2.63. The third-order valence-corrected chi connectivity index (χ3v) is 4.02. The molecule has 0 spiro atoms. The molecule has 0 saturated carbocycles. The van der Waals surface area contributed by atoms with Gasteiger partial charge in [-0.1, -0.05) is 74.9 Å². The molecule has 2 rings (SSSR count). The molecule has 0 aromatic heterocycles. The number of likely N-dealkylation sites (N-methyl/N-ethyl adjacent to an activating group) is 1. The number of hydrogen-bond donors (Lipinski definition) is 1. The van der Waals surface area contributed by atoms with Crippen LogP contribution in [0.15, 0.2) is 48.5 Å². The van der Waals surface area contributed by atoms with Crippen LogP contribution in [0.5, 0.6) is 0 Å². The molecule has 0 radical (unpaired) electrons. The highest BCUT2D eigenvalue weighted by Crippen LogP contribution is 2.22.